The van der Waals surface area contributed by atoms with Crippen molar-refractivity contribution in [3.05, 3.63) is 24.3 Å². The van der Waals surface area contributed by atoms with E-state index < -0.39 is 10.0 Å². The van der Waals surface area contributed by atoms with Crippen molar-refractivity contribution >= 4 is 21.6 Å². The van der Waals surface area contributed by atoms with E-state index in [2.05, 4.69) is 10.6 Å². The van der Waals surface area contributed by atoms with Crippen LogP contribution in [0.5, 0.6) is 0 Å². The fraction of sp³-hybridized carbons (Fsp3) is 0.650. The van der Waals surface area contributed by atoms with Gasteiger partial charge in [0.1, 0.15) is 0 Å². The first-order valence-corrected chi connectivity index (χ1v) is 11.6. The van der Waals surface area contributed by atoms with E-state index >= 15 is 0 Å². The molecule has 1 saturated heterocycles. The molecule has 1 aromatic rings. The van der Waals surface area contributed by atoms with Gasteiger partial charge in [-0.1, -0.05) is 25.7 Å². The van der Waals surface area contributed by atoms with Crippen LogP contribution in [-0.2, 0) is 14.8 Å². The van der Waals surface area contributed by atoms with Gasteiger partial charge in [-0.3, -0.25) is 4.79 Å². The van der Waals surface area contributed by atoms with Gasteiger partial charge in [0.25, 0.3) is 0 Å². The molecule has 1 aliphatic carbocycles. The predicted molar refractivity (Wildman–Crippen MR) is 107 cm³/mol. The minimum atomic E-state index is -3.41. The average molecular weight is 394 g/mol. The van der Waals surface area contributed by atoms with Crippen molar-refractivity contribution in [2.45, 2.75) is 75.3 Å². The van der Waals surface area contributed by atoms with E-state index in [4.69, 9.17) is 0 Å². The molecule has 3 rings (SSSR count). The van der Waals surface area contributed by atoms with Crippen LogP contribution in [0.2, 0.25) is 0 Å². The number of benzene rings is 1. The van der Waals surface area contributed by atoms with E-state index in [-0.39, 0.29) is 16.8 Å². The molecule has 2 fully saturated rings. The monoisotopic (exact) mass is 393 g/mol. The highest BCUT2D eigenvalue weighted by Crippen LogP contribution is 2.22. The second-order valence-corrected chi connectivity index (χ2v) is 9.64. The minimum Gasteiger partial charge on any atom is -0.325 e. The lowest BCUT2D eigenvalue weighted by molar-refractivity contribution is -0.118. The molecule has 0 radical (unpaired) electrons. The molecule has 0 bridgehead atoms. The summed E-state index contributed by atoms with van der Waals surface area (Å²) in [6.07, 6.45) is 9.09. The van der Waals surface area contributed by atoms with E-state index in [1.807, 2.05) is 6.92 Å². The Hall–Kier alpha value is -1.44. The van der Waals surface area contributed by atoms with Gasteiger partial charge in [0.15, 0.2) is 0 Å². The molecule has 7 heteroatoms. The van der Waals surface area contributed by atoms with Gasteiger partial charge in [0, 0.05) is 24.8 Å². The molecular formula is C20H31N3O3S. The molecule has 6 nitrogen and oxygen atoms in total. The highest BCUT2D eigenvalue weighted by atomic mass is 32.2. The number of amides is 1. The Balaban J connectivity index is 1.56. The standard InChI is InChI=1S/C20H31N3O3S/c1-16(21-17-8-4-2-3-5-9-17)20(24)22-18-10-12-19(13-11-18)27(25,26)23-14-6-7-15-23/h10-13,16-17,21H,2-9,14-15H2,1H3,(H,22,24)/t16-/m0/s1. The van der Waals surface area contributed by atoms with Crippen LogP contribution in [0.3, 0.4) is 0 Å². The zero-order chi connectivity index (χ0) is 19.3. The molecule has 1 aromatic carbocycles. The summed E-state index contributed by atoms with van der Waals surface area (Å²) in [6.45, 7) is 3.06. The number of nitrogens with one attached hydrogen (secondary N) is 2. The third kappa shape index (κ3) is 5.30. The highest BCUT2D eigenvalue weighted by Gasteiger charge is 2.27. The van der Waals surface area contributed by atoms with Crippen molar-refractivity contribution in [2.75, 3.05) is 18.4 Å². The van der Waals surface area contributed by atoms with Gasteiger partial charge in [-0.05, 0) is 56.9 Å². The Morgan fingerprint density at radius 3 is 2.19 bits per heavy atom. The Morgan fingerprint density at radius 2 is 1.59 bits per heavy atom. The Bertz CT molecular complexity index is 719. The molecule has 2 aliphatic rings. The summed E-state index contributed by atoms with van der Waals surface area (Å²) in [5.74, 6) is -0.0885. The van der Waals surface area contributed by atoms with E-state index in [0.717, 1.165) is 25.7 Å². The van der Waals surface area contributed by atoms with Gasteiger partial charge in [-0.2, -0.15) is 4.31 Å². The molecule has 0 spiro atoms. The molecule has 150 valence electrons. The van der Waals surface area contributed by atoms with Crippen LogP contribution in [-0.4, -0.2) is 43.8 Å². The van der Waals surface area contributed by atoms with Crippen LogP contribution in [0.15, 0.2) is 29.2 Å². The number of rotatable bonds is 6. The van der Waals surface area contributed by atoms with E-state index in [1.165, 1.54) is 30.0 Å². The van der Waals surface area contributed by atoms with Gasteiger partial charge in [-0.25, -0.2) is 8.42 Å². The smallest absolute Gasteiger partial charge is 0.243 e. The Labute approximate surface area is 162 Å². The number of sulfonamides is 1. The molecule has 2 N–H and O–H groups in total. The van der Waals surface area contributed by atoms with Gasteiger partial charge < -0.3 is 10.6 Å². The van der Waals surface area contributed by atoms with Crippen molar-refractivity contribution in [3.63, 3.8) is 0 Å². The second-order valence-electron chi connectivity index (χ2n) is 7.70. The number of carbonyl (C=O) groups is 1. The lowest BCUT2D eigenvalue weighted by Crippen LogP contribution is -2.43. The average Bonchev–Trinajstić information content (AvgIpc) is 3.09. The number of carbonyl (C=O) groups excluding carboxylic acids is 1. The molecule has 1 amide bonds. The van der Waals surface area contributed by atoms with Crippen LogP contribution < -0.4 is 10.6 Å². The van der Waals surface area contributed by atoms with Crippen molar-refractivity contribution in [2.24, 2.45) is 0 Å². The third-order valence-electron chi connectivity index (χ3n) is 5.56. The number of anilines is 1. The maximum absolute atomic E-state index is 12.6. The molecule has 1 saturated carbocycles. The van der Waals surface area contributed by atoms with E-state index in [1.54, 1.807) is 24.3 Å². The summed E-state index contributed by atoms with van der Waals surface area (Å²) >= 11 is 0. The topological polar surface area (TPSA) is 78.5 Å². The summed E-state index contributed by atoms with van der Waals surface area (Å²) < 4.78 is 26.6. The number of nitrogens with zero attached hydrogens (tertiary/aromatic N) is 1. The third-order valence-corrected chi connectivity index (χ3v) is 7.47. The zero-order valence-electron chi connectivity index (χ0n) is 16.1. The summed E-state index contributed by atoms with van der Waals surface area (Å²) in [7, 11) is -3.41. The molecule has 0 unspecified atom stereocenters. The fourth-order valence-electron chi connectivity index (χ4n) is 3.91. The second kappa shape index (κ2) is 9.17. The summed E-state index contributed by atoms with van der Waals surface area (Å²) in [4.78, 5) is 12.7. The van der Waals surface area contributed by atoms with Crippen LogP contribution in [0, 0.1) is 0 Å². The quantitative estimate of drug-likeness (QED) is 0.728. The highest BCUT2D eigenvalue weighted by molar-refractivity contribution is 7.89. The molecular weight excluding hydrogens is 362 g/mol. The molecule has 0 aromatic heterocycles. The minimum absolute atomic E-state index is 0.0885. The first-order valence-electron chi connectivity index (χ1n) is 10.1. The van der Waals surface area contributed by atoms with Crippen molar-refractivity contribution in [3.8, 4) is 0 Å². The van der Waals surface area contributed by atoms with E-state index in [0.29, 0.717) is 24.8 Å². The van der Waals surface area contributed by atoms with Crippen molar-refractivity contribution < 1.29 is 13.2 Å². The summed E-state index contributed by atoms with van der Waals surface area (Å²) in [6, 6.07) is 6.61. The van der Waals surface area contributed by atoms with Gasteiger partial charge in [-0.15, -0.1) is 0 Å². The van der Waals surface area contributed by atoms with Gasteiger partial charge in [0.2, 0.25) is 15.9 Å². The Morgan fingerprint density at radius 1 is 1.00 bits per heavy atom. The van der Waals surface area contributed by atoms with Crippen LogP contribution in [0.1, 0.15) is 58.3 Å². The van der Waals surface area contributed by atoms with Gasteiger partial charge >= 0.3 is 0 Å². The lowest BCUT2D eigenvalue weighted by Gasteiger charge is -2.21. The Kier molecular flexibility index (Phi) is 6.89. The van der Waals surface area contributed by atoms with Crippen LogP contribution >= 0.6 is 0 Å². The van der Waals surface area contributed by atoms with Crippen LogP contribution in [0.25, 0.3) is 0 Å². The lowest BCUT2D eigenvalue weighted by atomic mass is 10.1. The first kappa shape index (κ1) is 20.3. The molecule has 1 heterocycles. The van der Waals surface area contributed by atoms with Crippen molar-refractivity contribution in [1.82, 2.24) is 9.62 Å². The number of hydrogen-bond donors (Lipinski definition) is 2. The predicted octanol–water partition coefficient (Wildman–Crippen LogP) is 3.11. The normalized spacial score (nSPS) is 20.9. The molecule has 27 heavy (non-hydrogen) atoms. The maximum atomic E-state index is 12.6. The van der Waals surface area contributed by atoms with Crippen LogP contribution in [0.4, 0.5) is 5.69 Å². The molecule has 1 aliphatic heterocycles. The largest absolute Gasteiger partial charge is 0.325 e. The summed E-state index contributed by atoms with van der Waals surface area (Å²) in [5, 5.41) is 6.32. The van der Waals surface area contributed by atoms with Gasteiger partial charge in [0.05, 0.1) is 10.9 Å². The van der Waals surface area contributed by atoms with E-state index in [9.17, 15) is 13.2 Å². The maximum Gasteiger partial charge on any atom is 0.243 e. The number of hydrogen-bond acceptors (Lipinski definition) is 4. The summed E-state index contributed by atoms with van der Waals surface area (Å²) in [5.41, 5.74) is 0.620. The van der Waals surface area contributed by atoms with Crippen molar-refractivity contribution in [1.29, 1.82) is 0 Å². The SMILES string of the molecule is C[C@H](NC1CCCCCC1)C(=O)Nc1ccc(S(=O)(=O)N2CCCC2)cc1. The first-order chi connectivity index (χ1) is 13.0. The fourth-order valence-corrected chi connectivity index (χ4v) is 5.43. The zero-order valence-corrected chi connectivity index (χ0v) is 16.9. The molecule has 1 atom stereocenters.